The molecule has 2 heterocycles. The van der Waals surface area contributed by atoms with Gasteiger partial charge < -0.3 is 10.1 Å². The lowest BCUT2D eigenvalue weighted by Gasteiger charge is -2.21. The molecule has 0 amide bonds. The van der Waals surface area contributed by atoms with Crippen LogP contribution in [-0.4, -0.2) is 32.8 Å². The van der Waals surface area contributed by atoms with Crippen molar-refractivity contribution in [2.75, 3.05) is 23.0 Å². The van der Waals surface area contributed by atoms with Crippen LogP contribution in [0, 0.1) is 0 Å². The van der Waals surface area contributed by atoms with Crippen LogP contribution in [-0.2, 0) is 16.4 Å². The third-order valence-electron chi connectivity index (χ3n) is 4.71. The van der Waals surface area contributed by atoms with Gasteiger partial charge in [-0.15, -0.1) is 11.3 Å². The molecular formula is C20H21N3O3S2. The second-order valence-corrected chi connectivity index (χ2v) is 9.57. The van der Waals surface area contributed by atoms with E-state index in [1.54, 1.807) is 7.11 Å². The Hall–Kier alpha value is -2.58. The number of ether oxygens (including phenoxy) is 1. The summed E-state index contributed by atoms with van der Waals surface area (Å²) in [5, 5.41) is 6.08. The van der Waals surface area contributed by atoms with E-state index in [2.05, 4.69) is 10.3 Å². The molecule has 0 saturated carbocycles. The average molecular weight is 416 g/mol. The third kappa shape index (κ3) is 3.57. The molecule has 8 heteroatoms. The first-order chi connectivity index (χ1) is 13.3. The third-order valence-corrected chi connectivity index (χ3v) is 6.74. The monoisotopic (exact) mass is 415 g/mol. The van der Waals surface area contributed by atoms with Crippen LogP contribution >= 0.6 is 11.3 Å². The Bertz CT molecular complexity index is 1130. The molecule has 2 aromatic carbocycles. The number of hydrogen-bond acceptors (Lipinski definition) is 6. The van der Waals surface area contributed by atoms with E-state index in [1.165, 1.54) is 21.9 Å². The van der Waals surface area contributed by atoms with Crippen molar-refractivity contribution < 1.29 is 13.2 Å². The zero-order valence-corrected chi connectivity index (χ0v) is 17.5. The lowest BCUT2D eigenvalue weighted by Crippen LogP contribution is -2.34. The molecular weight excluding hydrogens is 394 g/mol. The predicted octanol–water partition coefficient (Wildman–Crippen LogP) is 4.27. The number of fused-ring (bicyclic) bond motifs is 1. The van der Waals surface area contributed by atoms with Crippen LogP contribution in [0.2, 0.25) is 0 Å². The highest BCUT2D eigenvalue weighted by atomic mass is 32.2. The van der Waals surface area contributed by atoms with Crippen LogP contribution in [0.4, 0.5) is 16.5 Å². The number of anilines is 3. The van der Waals surface area contributed by atoms with Crippen molar-refractivity contribution in [3.05, 3.63) is 53.4 Å². The molecule has 0 bridgehead atoms. The number of aromatic nitrogens is 1. The van der Waals surface area contributed by atoms with Gasteiger partial charge in [0.1, 0.15) is 5.75 Å². The van der Waals surface area contributed by atoms with Gasteiger partial charge in [0.2, 0.25) is 10.0 Å². The molecule has 1 N–H and O–H groups in total. The Morgan fingerprint density at radius 2 is 2.07 bits per heavy atom. The Balaban J connectivity index is 1.59. The SMILES string of the molecule is COc1cccc(Nc2nc(-c3ccc4c(c3)C[C@H](C)N4S(C)(=O)=O)cs2)c1. The summed E-state index contributed by atoms with van der Waals surface area (Å²) in [6.07, 6.45) is 1.96. The van der Waals surface area contributed by atoms with E-state index in [0.29, 0.717) is 6.42 Å². The average Bonchev–Trinajstić information content (AvgIpc) is 3.24. The molecule has 146 valence electrons. The van der Waals surface area contributed by atoms with Crippen LogP contribution < -0.4 is 14.4 Å². The molecule has 6 nitrogen and oxygen atoms in total. The maximum absolute atomic E-state index is 12.1. The highest BCUT2D eigenvalue weighted by Gasteiger charge is 2.32. The highest BCUT2D eigenvalue weighted by Crippen LogP contribution is 2.37. The largest absolute Gasteiger partial charge is 0.497 e. The van der Waals surface area contributed by atoms with Crippen LogP contribution in [0.5, 0.6) is 5.75 Å². The molecule has 3 aromatic rings. The van der Waals surface area contributed by atoms with Crippen molar-refractivity contribution in [3.63, 3.8) is 0 Å². The van der Waals surface area contributed by atoms with E-state index in [1.807, 2.05) is 54.8 Å². The van der Waals surface area contributed by atoms with E-state index in [0.717, 1.165) is 39.1 Å². The second kappa shape index (κ2) is 7.10. The molecule has 0 saturated heterocycles. The van der Waals surface area contributed by atoms with Gasteiger partial charge in [0.25, 0.3) is 0 Å². The second-order valence-electron chi connectivity index (χ2n) is 6.85. The smallest absolute Gasteiger partial charge is 0.232 e. The Labute approximate surface area is 168 Å². The number of hydrogen-bond donors (Lipinski definition) is 1. The molecule has 0 aliphatic carbocycles. The lowest BCUT2D eigenvalue weighted by atomic mass is 10.1. The number of thiazole rings is 1. The van der Waals surface area contributed by atoms with Gasteiger partial charge in [-0.2, -0.15) is 0 Å². The van der Waals surface area contributed by atoms with Crippen LogP contribution in [0.3, 0.4) is 0 Å². The van der Waals surface area contributed by atoms with Gasteiger partial charge in [-0.3, -0.25) is 4.31 Å². The Morgan fingerprint density at radius 3 is 2.82 bits per heavy atom. The summed E-state index contributed by atoms with van der Waals surface area (Å²) < 4.78 is 30.9. The molecule has 1 aliphatic rings. The van der Waals surface area contributed by atoms with Gasteiger partial charge in [0.15, 0.2) is 5.13 Å². The summed E-state index contributed by atoms with van der Waals surface area (Å²) in [6.45, 7) is 1.93. The van der Waals surface area contributed by atoms with E-state index in [-0.39, 0.29) is 6.04 Å². The van der Waals surface area contributed by atoms with Crippen molar-refractivity contribution >= 4 is 37.9 Å². The molecule has 0 spiro atoms. The summed E-state index contributed by atoms with van der Waals surface area (Å²) in [6, 6.07) is 13.5. The number of nitrogens with one attached hydrogen (secondary N) is 1. The van der Waals surface area contributed by atoms with Crippen molar-refractivity contribution in [2.24, 2.45) is 0 Å². The van der Waals surface area contributed by atoms with Gasteiger partial charge in [-0.05, 0) is 43.2 Å². The summed E-state index contributed by atoms with van der Waals surface area (Å²) in [4.78, 5) is 4.68. The highest BCUT2D eigenvalue weighted by molar-refractivity contribution is 7.92. The normalized spacial score (nSPS) is 16.1. The molecule has 1 atom stereocenters. The first-order valence-corrected chi connectivity index (χ1v) is 11.6. The van der Waals surface area contributed by atoms with Crippen LogP contribution in [0.1, 0.15) is 12.5 Å². The zero-order valence-electron chi connectivity index (χ0n) is 15.8. The molecule has 0 unspecified atom stereocenters. The number of rotatable bonds is 5. The van der Waals surface area contributed by atoms with Crippen molar-refractivity contribution in [2.45, 2.75) is 19.4 Å². The maximum Gasteiger partial charge on any atom is 0.232 e. The molecule has 1 aliphatic heterocycles. The Kier molecular flexibility index (Phi) is 4.76. The number of methoxy groups -OCH3 is 1. The van der Waals surface area contributed by atoms with Crippen molar-refractivity contribution in [3.8, 4) is 17.0 Å². The molecule has 1 aromatic heterocycles. The summed E-state index contributed by atoms with van der Waals surface area (Å²) >= 11 is 1.52. The predicted molar refractivity (Wildman–Crippen MR) is 114 cm³/mol. The van der Waals surface area contributed by atoms with E-state index in [9.17, 15) is 8.42 Å². The van der Waals surface area contributed by atoms with Gasteiger partial charge >= 0.3 is 0 Å². The standard InChI is InChI=1S/C20H21N3O3S2/c1-13-9-15-10-14(7-8-19(15)23(13)28(3,24)25)18-12-27-20(22-18)21-16-5-4-6-17(11-16)26-2/h4-8,10-13H,9H2,1-3H3,(H,21,22)/t13-/m0/s1. The minimum Gasteiger partial charge on any atom is -0.497 e. The number of benzene rings is 2. The van der Waals surface area contributed by atoms with Gasteiger partial charge in [-0.1, -0.05) is 12.1 Å². The summed E-state index contributed by atoms with van der Waals surface area (Å²) in [7, 11) is -1.64. The topological polar surface area (TPSA) is 71.5 Å². The first kappa shape index (κ1) is 18.8. The van der Waals surface area contributed by atoms with Crippen molar-refractivity contribution in [1.29, 1.82) is 0 Å². The Morgan fingerprint density at radius 1 is 1.25 bits per heavy atom. The van der Waals surface area contributed by atoms with E-state index >= 15 is 0 Å². The zero-order chi connectivity index (χ0) is 19.9. The summed E-state index contributed by atoms with van der Waals surface area (Å²) in [5.74, 6) is 0.782. The minimum atomic E-state index is -3.28. The molecule has 4 rings (SSSR count). The first-order valence-electron chi connectivity index (χ1n) is 8.84. The summed E-state index contributed by atoms with van der Waals surface area (Å²) in [5.41, 5.74) is 4.56. The van der Waals surface area contributed by atoms with Gasteiger partial charge in [0.05, 0.1) is 24.7 Å². The molecule has 0 radical (unpaired) electrons. The minimum absolute atomic E-state index is 0.0685. The maximum atomic E-state index is 12.1. The van der Waals surface area contributed by atoms with Crippen LogP contribution in [0.25, 0.3) is 11.3 Å². The number of nitrogens with zero attached hydrogens (tertiary/aromatic N) is 2. The van der Waals surface area contributed by atoms with E-state index in [4.69, 9.17) is 4.74 Å². The lowest BCUT2D eigenvalue weighted by molar-refractivity contribution is 0.415. The molecule has 0 fully saturated rings. The van der Waals surface area contributed by atoms with Crippen LogP contribution in [0.15, 0.2) is 47.8 Å². The van der Waals surface area contributed by atoms with E-state index < -0.39 is 10.0 Å². The van der Waals surface area contributed by atoms with Crippen molar-refractivity contribution in [1.82, 2.24) is 4.98 Å². The fourth-order valence-electron chi connectivity index (χ4n) is 3.56. The van der Waals surface area contributed by atoms with Gasteiger partial charge in [0, 0.05) is 28.7 Å². The van der Waals surface area contributed by atoms with Gasteiger partial charge in [-0.25, -0.2) is 13.4 Å². The quantitative estimate of drug-likeness (QED) is 0.674. The molecule has 28 heavy (non-hydrogen) atoms. The fourth-order valence-corrected chi connectivity index (χ4v) is 5.56. The number of sulfonamides is 1. The fraction of sp³-hybridized carbons (Fsp3) is 0.250.